The van der Waals surface area contributed by atoms with E-state index in [1.807, 2.05) is 18.2 Å². The Morgan fingerprint density at radius 1 is 1.36 bits per heavy atom. The lowest BCUT2D eigenvalue weighted by Gasteiger charge is -2.08. The molecule has 1 unspecified atom stereocenters. The number of rotatable bonds is 6. The van der Waals surface area contributed by atoms with Crippen LogP contribution in [0.2, 0.25) is 0 Å². The van der Waals surface area contributed by atoms with Crippen LogP contribution in [0, 0.1) is 0 Å². The van der Waals surface area contributed by atoms with E-state index in [1.165, 1.54) is 5.56 Å². The van der Waals surface area contributed by atoms with E-state index in [4.69, 9.17) is 4.74 Å². The Morgan fingerprint density at radius 3 is 2.71 bits per heavy atom. The maximum atomic E-state index is 9.38. The van der Waals surface area contributed by atoms with Crippen molar-refractivity contribution in [2.45, 2.75) is 11.9 Å². The van der Waals surface area contributed by atoms with E-state index >= 15 is 0 Å². The summed E-state index contributed by atoms with van der Waals surface area (Å²) in [6, 6.07) is 10.3. The van der Waals surface area contributed by atoms with Gasteiger partial charge in [0.2, 0.25) is 0 Å². The molecule has 0 aliphatic carbocycles. The molecule has 0 radical (unpaired) electrons. The third-order valence-electron chi connectivity index (χ3n) is 1.78. The molecular formula is C11H16O2S. The van der Waals surface area contributed by atoms with Gasteiger partial charge in [-0.1, -0.05) is 30.3 Å². The monoisotopic (exact) mass is 212 g/mol. The molecule has 2 nitrogen and oxygen atoms in total. The van der Waals surface area contributed by atoms with Crippen LogP contribution in [0.4, 0.5) is 0 Å². The van der Waals surface area contributed by atoms with Gasteiger partial charge in [-0.05, 0) is 5.56 Å². The van der Waals surface area contributed by atoms with Crippen molar-refractivity contribution in [2.24, 2.45) is 0 Å². The van der Waals surface area contributed by atoms with Gasteiger partial charge in [0.15, 0.2) is 0 Å². The van der Waals surface area contributed by atoms with E-state index in [0.29, 0.717) is 6.61 Å². The SMILES string of the molecule is COCC(O)CSCc1ccccc1. The maximum Gasteiger partial charge on any atom is 0.0863 e. The molecule has 0 aromatic heterocycles. The Kier molecular flexibility index (Phi) is 5.68. The van der Waals surface area contributed by atoms with Gasteiger partial charge < -0.3 is 9.84 Å². The topological polar surface area (TPSA) is 29.5 Å². The van der Waals surface area contributed by atoms with Crippen LogP contribution in [-0.4, -0.2) is 30.7 Å². The Hall–Kier alpha value is -0.510. The highest BCUT2D eigenvalue weighted by atomic mass is 32.2. The predicted octanol–water partition coefficient (Wildman–Crippen LogP) is 1.93. The van der Waals surface area contributed by atoms with Crippen LogP contribution in [-0.2, 0) is 10.5 Å². The summed E-state index contributed by atoms with van der Waals surface area (Å²) < 4.78 is 4.84. The predicted molar refractivity (Wildman–Crippen MR) is 60.5 cm³/mol. The largest absolute Gasteiger partial charge is 0.390 e. The quantitative estimate of drug-likeness (QED) is 0.781. The fraction of sp³-hybridized carbons (Fsp3) is 0.455. The van der Waals surface area contributed by atoms with Gasteiger partial charge in [0.05, 0.1) is 12.7 Å². The van der Waals surface area contributed by atoms with Gasteiger partial charge in [-0.2, -0.15) is 11.8 Å². The van der Waals surface area contributed by atoms with Crippen LogP contribution in [0.5, 0.6) is 0 Å². The molecule has 0 bridgehead atoms. The van der Waals surface area contributed by atoms with Gasteiger partial charge >= 0.3 is 0 Å². The maximum absolute atomic E-state index is 9.38. The highest BCUT2D eigenvalue weighted by molar-refractivity contribution is 7.98. The minimum atomic E-state index is -0.353. The third-order valence-corrected chi connectivity index (χ3v) is 2.94. The van der Waals surface area contributed by atoms with Crippen molar-refractivity contribution in [1.82, 2.24) is 0 Å². The minimum Gasteiger partial charge on any atom is -0.390 e. The van der Waals surface area contributed by atoms with E-state index in [0.717, 1.165) is 11.5 Å². The summed E-state index contributed by atoms with van der Waals surface area (Å²) in [5.74, 6) is 1.67. The highest BCUT2D eigenvalue weighted by Gasteiger charge is 2.02. The average Bonchev–Trinajstić information content (AvgIpc) is 2.20. The zero-order chi connectivity index (χ0) is 10.2. The second-order valence-electron chi connectivity index (χ2n) is 3.11. The Balaban J connectivity index is 2.16. The number of ether oxygens (including phenoxy) is 1. The normalized spacial score (nSPS) is 12.7. The minimum absolute atomic E-state index is 0.353. The van der Waals surface area contributed by atoms with Crippen LogP contribution in [0.1, 0.15) is 5.56 Å². The molecular weight excluding hydrogens is 196 g/mol. The first-order chi connectivity index (χ1) is 6.83. The van der Waals surface area contributed by atoms with Gasteiger partial charge in [-0.25, -0.2) is 0 Å². The molecule has 1 aromatic rings. The molecule has 3 heteroatoms. The van der Waals surface area contributed by atoms with Crippen molar-refractivity contribution >= 4 is 11.8 Å². The molecule has 78 valence electrons. The Morgan fingerprint density at radius 2 is 2.07 bits per heavy atom. The van der Waals surface area contributed by atoms with Crippen LogP contribution < -0.4 is 0 Å². The van der Waals surface area contributed by atoms with E-state index in [9.17, 15) is 5.11 Å². The van der Waals surface area contributed by atoms with Crippen molar-refractivity contribution in [2.75, 3.05) is 19.5 Å². The number of aliphatic hydroxyl groups excluding tert-OH is 1. The lowest BCUT2D eigenvalue weighted by Crippen LogP contribution is -2.16. The first-order valence-corrected chi connectivity index (χ1v) is 5.77. The molecule has 0 heterocycles. The van der Waals surface area contributed by atoms with Crippen LogP contribution in [0.3, 0.4) is 0 Å². The summed E-state index contributed by atoms with van der Waals surface area (Å²) in [6.07, 6.45) is -0.353. The Bertz CT molecular complexity index is 238. The molecule has 0 saturated carbocycles. The van der Waals surface area contributed by atoms with E-state index < -0.39 is 0 Å². The summed E-state index contributed by atoms with van der Waals surface area (Å²) in [5.41, 5.74) is 1.29. The molecule has 0 aliphatic rings. The second kappa shape index (κ2) is 6.87. The molecule has 1 N–H and O–H groups in total. The molecule has 14 heavy (non-hydrogen) atoms. The smallest absolute Gasteiger partial charge is 0.0863 e. The number of thioether (sulfide) groups is 1. The molecule has 1 aromatic carbocycles. The fourth-order valence-electron chi connectivity index (χ4n) is 1.13. The lowest BCUT2D eigenvalue weighted by atomic mass is 10.2. The summed E-state index contributed by atoms with van der Waals surface area (Å²) in [7, 11) is 1.60. The molecule has 0 saturated heterocycles. The molecule has 0 aliphatic heterocycles. The van der Waals surface area contributed by atoms with Gasteiger partial charge in [-0.3, -0.25) is 0 Å². The van der Waals surface area contributed by atoms with Gasteiger partial charge in [0.1, 0.15) is 0 Å². The second-order valence-corrected chi connectivity index (χ2v) is 4.14. The highest BCUT2D eigenvalue weighted by Crippen LogP contribution is 2.12. The summed E-state index contributed by atoms with van der Waals surface area (Å²) in [4.78, 5) is 0. The zero-order valence-electron chi connectivity index (χ0n) is 8.35. The summed E-state index contributed by atoms with van der Waals surface area (Å²) in [5, 5.41) is 9.38. The molecule has 0 fully saturated rings. The van der Waals surface area contributed by atoms with Crippen LogP contribution >= 0.6 is 11.8 Å². The van der Waals surface area contributed by atoms with E-state index in [-0.39, 0.29) is 6.10 Å². The third kappa shape index (κ3) is 4.65. The number of benzene rings is 1. The summed E-state index contributed by atoms with van der Waals surface area (Å²) >= 11 is 1.72. The Labute approximate surface area is 89.3 Å². The fourth-order valence-corrected chi connectivity index (χ4v) is 2.04. The van der Waals surface area contributed by atoms with Gasteiger partial charge in [0, 0.05) is 18.6 Å². The summed E-state index contributed by atoms with van der Waals surface area (Å²) in [6.45, 7) is 0.418. The van der Waals surface area contributed by atoms with Crippen molar-refractivity contribution in [1.29, 1.82) is 0 Å². The van der Waals surface area contributed by atoms with Crippen molar-refractivity contribution in [3.63, 3.8) is 0 Å². The first kappa shape index (κ1) is 11.6. The van der Waals surface area contributed by atoms with E-state index in [1.54, 1.807) is 18.9 Å². The molecule has 0 spiro atoms. The standard InChI is InChI=1S/C11H16O2S/c1-13-7-11(12)9-14-8-10-5-3-2-4-6-10/h2-6,11-12H,7-9H2,1H3. The zero-order valence-corrected chi connectivity index (χ0v) is 9.17. The molecule has 1 rings (SSSR count). The number of aliphatic hydroxyl groups is 1. The number of hydrogen-bond donors (Lipinski definition) is 1. The number of hydrogen-bond acceptors (Lipinski definition) is 3. The van der Waals surface area contributed by atoms with Gasteiger partial charge in [-0.15, -0.1) is 0 Å². The average molecular weight is 212 g/mol. The molecule has 1 atom stereocenters. The van der Waals surface area contributed by atoms with Gasteiger partial charge in [0.25, 0.3) is 0 Å². The molecule has 0 amide bonds. The first-order valence-electron chi connectivity index (χ1n) is 4.61. The van der Waals surface area contributed by atoms with Crippen molar-refractivity contribution < 1.29 is 9.84 Å². The van der Waals surface area contributed by atoms with E-state index in [2.05, 4.69) is 12.1 Å². The van der Waals surface area contributed by atoms with Crippen molar-refractivity contribution in [3.8, 4) is 0 Å². The lowest BCUT2D eigenvalue weighted by molar-refractivity contribution is 0.0794. The van der Waals surface area contributed by atoms with Crippen LogP contribution in [0.15, 0.2) is 30.3 Å². The van der Waals surface area contributed by atoms with Crippen molar-refractivity contribution in [3.05, 3.63) is 35.9 Å². The number of methoxy groups -OCH3 is 1. The van der Waals surface area contributed by atoms with Crippen LogP contribution in [0.25, 0.3) is 0 Å².